The number of furan rings is 2. The molecule has 6 nitrogen and oxygen atoms in total. The number of hydrogen-bond donors (Lipinski definition) is 0. The molecule has 0 aliphatic rings. The Hall–Kier alpha value is -7.74. The first-order chi connectivity index (χ1) is 29.3. The van der Waals surface area contributed by atoms with Gasteiger partial charge in [-0.3, -0.25) is 4.57 Å². The molecule has 0 bridgehead atoms. The van der Waals surface area contributed by atoms with Crippen LogP contribution in [0.1, 0.15) is 0 Å². The van der Waals surface area contributed by atoms with Crippen LogP contribution in [0.25, 0.3) is 142 Å². The summed E-state index contributed by atoms with van der Waals surface area (Å²) in [5, 5.41) is 11.4. The predicted molar refractivity (Wildman–Crippen MR) is 243 cm³/mol. The van der Waals surface area contributed by atoms with E-state index in [0.29, 0.717) is 5.95 Å². The Balaban J connectivity index is 1.06. The monoisotopic (exact) mass is 770 g/mol. The molecule has 7 aromatic heterocycles. The molecular formula is C52H26N4O2S. The van der Waals surface area contributed by atoms with Crippen LogP contribution >= 0.6 is 11.3 Å². The fraction of sp³-hybridized carbons (Fsp3) is 0. The van der Waals surface area contributed by atoms with Gasteiger partial charge in [0.2, 0.25) is 5.95 Å². The Morgan fingerprint density at radius 1 is 0.441 bits per heavy atom. The standard InChI is InChI=1S/C52H26N4O2S/c1-2-10-27(11-3-1)29-14-8-15-33-31-21-20-28(26-41(31)58-50(29)33)48-43-34-13-5-7-19-42(34)59-51(43)54-52(53-48)56-37-18-9-17-36-44(37)45-38(56)23-25-39-46(45)47-40(57-39)24-22-32-30-12-4-6-16-35(30)55(36)49(32)47/h1-26H. The molecule has 59 heavy (non-hydrogen) atoms. The third-order valence-electron chi connectivity index (χ3n) is 12.7. The van der Waals surface area contributed by atoms with E-state index in [1.54, 1.807) is 11.3 Å². The van der Waals surface area contributed by atoms with Crippen LogP contribution in [0.15, 0.2) is 167 Å². The molecule has 0 aliphatic carbocycles. The second-order valence-corrected chi connectivity index (χ2v) is 16.7. The molecule has 0 amide bonds. The largest absolute Gasteiger partial charge is 0.456 e. The molecular weight excluding hydrogens is 745 g/mol. The molecule has 0 fully saturated rings. The smallest absolute Gasteiger partial charge is 0.236 e. The molecule has 15 rings (SSSR count). The minimum Gasteiger partial charge on any atom is -0.456 e. The number of hydrogen-bond acceptors (Lipinski definition) is 5. The number of aromatic nitrogens is 4. The molecule has 7 heteroatoms. The van der Waals surface area contributed by atoms with Gasteiger partial charge in [0.25, 0.3) is 0 Å². The maximum atomic E-state index is 6.78. The van der Waals surface area contributed by atoms with Crippen molar-refractivity contribution in [1.82, 2.24) is 18.9 Å². The summed E-state index contributed by atoms with van der Waals surface area (Å²) in [5.41, 5.74) is 13.1. The first-order valence-corrected chi connectivity index (χ1v) is 20.6. The zero-order valence-electron chi connectivity index (χ0n) is 31.0. The number of benzene rings is 8. The Kier molecular flexibility index (Phi) is 5.46. The number of thiophene rings is 1. The second kappa shape index (κ2) is 10.6. The first-order valence-electron chi connectivity index (χ1n) is 19.8. The minimum atomic E-state index is 0.628. The predicted octanol–water partition coefficient (Wildman–Crippen LogP) is 14.5. The van der Waals surface area contributed by atoms with Crippen molar-refractivity contribution in [2.45, 2.75) is 0 Å². The lowest BCUT2D eigenvalue weighted by Crippen LogP contribution is -2.02. The Labute approximate surface area is 337 Å². The summed E-state index contributed by atoms with van der Waals surface area (Å²) in [6.45, 7) is 0. The van der Waals surface area contributed by atoms with Gasteiger partial charge in [0, 0.05) is 64.3 Å². The van der Waals surface area contributed by atoms with Gasteiger partial charge < -0.3 is 13.2 Å². The van der Waals surface area contributed by atoms with Crippen molar-refractivity contribution in [3.05, 3.63) is 158 Å². The Morgan fingerprint density at radius 2 is 1.19 bits per heavy atom. The van der Waals surface area contributed by atoms with Gasteiger partial charge in [-0.05, 0) is 66.2 Å². The highest BCUT2D eigenvalue weighted by Gasteiger charge is 2.28. The fourth-order valence-corrected chi connectivity index (χ4v) is 11.4. The SMILES string of the molecule is c1ccc(-c2cccc3c2oc2cc(-c4nc(-n5c6ccc7oc8ccc9c%10ccccc%10n%10c%11cccc5c%11c6c7c8c9%10)nc5sc6ccccc6c45)ccc23)cc1. The fourth-order valence-electron chi connectivity index (χ4n) is 10.3. The second-order valence-electron chi connectivity index (χ2n) is 15.6. The molecule has 0 spiro atoms. The van der Waals surface area contributed by atoms with Gasteiger partial charge in [-0.15, -0.1) is 11.3 Å². The number of nitrogens with zero attached hydrogens (tertiary/aromatic N) is 4. The first kappa shape index (κ1) is 30.4. The van der Waals surface area contributed by atoms with E-state index < -0.39 is 0 Å². The number of para-hydroxylation sites is 2. The van der Waals surface area contributed by atoms with E-state index in [4.69, 9.17) is 18.8 Å². The lowest BCUT2D eigenvalue weighted by atomic mass is 10.0. The van der Waals surface area contributed by atoms with Crippen molar-refractivity contribution in [1.29, 1.82) is 0 Å². The van der Waals surface area contributed by atoms with Crippen molar-refractivity contribution in [3.63, 3.8) is 0 Å². The normalized spacial score (nSPS) is 12.7. The van der Waals surface area contributed by atoms with Gasteiger partial charge in [0.15, 0.2) is 0 Å². The molecule has 0 atom stereocenters. The summed E-state index contributed by atoms with van der Waals surface area (Å²) in [4.78, 5) is 12.0. The average molecular weight is 771 g/mol. The summed E-state index contributed by atoms with van der Waals surface area (Å²) in [6.07, 6.45) is 0. The highest BCUT2D eigenvalue weighted by atomic mass is 32.1. The van der Waals surface area contributed by atoms with Crippen molar-refractivity contribution in [2.75, 3.05) is 0 Å². The molecule has 0 saturated carbocycles. The van der Waals surface area contributed by atoms with Gasteiger partial charge >= 0.3 is 0 Å². The molecule has 8 aromatic carbocycles. The van der Waals surface area contributed by atoms with Gasteiger partial charge in [-0.25, -0.2) is 9.97 Å². The molecule has 7 heterocycles. The minimum absolute atomic E-state index is 0.628. The van der Waals surface area contributed by atoms with E-state index in [-0.39, 0.29) is 0 Å². The third-order valence-corrected chi connectivity index (χ3v) is 13.8. The van der Waals surface area contributed by atoms with Crippen LogP contribution in [0.4, 0.5) is 0 Å². The van der Waals surface area contributed by atoms with Crippen LogP contribution in [0, 0.1) is 0 Å². The molecule has 15 aromatic rings. The van der Waals surface area contributed by atoms with E-state index in [1.165, 1.54) is 26.5 Å². The maximum absolute atomic E-state index is 6.78. The topological polar surface area (TPSA) is 61.4 Å². The summed E-state index contributed by atoms with van der Waals surface area (Å²) in [7, 11) is 0. The van der Waals surface area contributed by atoms with E-state index in [1.807, 2.05) is 6.07 Å². The molecule has 0 unspecified atom stereocenters. The number of rotatable bonds is 3. The van der Waals surface area contributed by atoms with Crippen LogP contribution in [0.2, 0.25) is 0 Å². The van der Waals surface area contributed by atoms with Crippen molar-refractivity contribution >= 4 is 125 Å². The molecule has 272 valence electrons. The average Bonchev–Trinajstić information content (AvgIpc) is 4.08. The Bertz CT molecular complexity index is 4260. The van der Waals surface area contributed by atoms with Crippen LogP contribution in [-0.4, -0.2) is 18.9 Å². The van der Waals surface area contributed by atoms with Crippen LogP contribution in [0.3, 0.4) is 0 Å². The highest BCUT2D eigenvalue weighted by molar-refractivity contribution is 7.25. The van der Waals surface area contributed by atoms with E-state index >= 15 is 0 Å². The zero-order valence-corrected chi connectivity index (χ0v) is 31.8. The van der Waals surface area contributed by atoms with E-state index in [2.05, 4.69) is 161 Å². The van der Waals surface area contributed by atoms with Crippen molar-refractivity contribution < 1.29 is 8.83 Å². The van der Waals surface area contributed by atoms with E-state index in [9.17, 15) is 0 Å². The third kappa shape index (κ3) is 3.73. The number of fused-ring (bicyclic) bond motifs is 10. The summed E-state index contributed by atoms with van der Waals surface area (Å²) in [5.74, 6) is 0.628. The molecule has 0 N–H and O–H groups in total. The van der Waals surface area contributed by atoms with Crippen LogP contribution in [-0.2, 0) is 0 Å². The van der Waals surface area contributed by atoms with Gasteiger partial charge in [0.05, 0.1) is 38.7 Å². The quantitative estimate of drug-likeness (QED) is 0.179. The van der Waals surface area contributed by atoms with Gasteiger partial charge in [-0.2, -0.15) is 0 Å². The Morgan fingerprint density at radius 3 is 2.14 bits per heavy atom. The van der Waals surface area contributed by atoms with Crippen molar-refractivity contribution in [3.8, 4) is 28.3 Å². The summed E-state index contributed by atoms with van der Waals surface area (Å²) in [6, 6.07) is 56.0. The summed E-state index contributed by atoms with van der Waals surface area (Å²) >= 11 is 1.71. The lowest BCUT2D eigenvalue weighted by molar-refractivity contribution is 0.669. The molecule has 0 saturated heterocycles. The highest BCUT2D eigenvalue weighted by Crippen LogP contribution is 2.49. The zero-order chi connectivity index (χ0) is 38.1. The molecule has 0 radical (unpaired) electrons. The van der Waals surface area contributed by atoms with Gasteiger partial charge in [0.1, 0.15) is 27.2 Å². The van der Waals surface area contributed by atoms with Gasteiger partial charge in [-0.1, -0.05) is 97.1 Å². The van der Waals surface area contributed by atoms with E-state index in [0.717, 1.165) is 109 Å². The lowest BCUT2D eigenvalue weighted by Gasteiger charge is -2.11. The van der Waals surface area contributed by atoms with Crippen molar-refractivity contribution in [2.24, 2.45) is 0 Å². The van der Waals surface area contributed by atoms with Crippen LogP contribution < -0.4 is 0 Å². The van der Waals surface area contributed by atoms with Crippen LogP contribution in [0.5, 0.6) is 0 Å². The summed E-state index contributed by atoms with van der Waals surface area (Å²) < 4.78 is 19.3. The molecule has 0 aliphatic heterocycles. The maximum Gasteiger partial charge on any atom is 0.236 e.